The fourth-order valence-electron chi connectivity index (χ4n) is 4.33. The minimum atomic E-state index is -0.492. The van der Waals surface area contributed by atoms with Crippen molar-refractivity contribution in [2.45, 2.75) is 38.6 Å². The van der Waals surface area contributed by atoms with Crippen molar-refractivity contribution in [1.82, 2.24) is 29.4 Å². The first-order valence-corrected chi connectivity index (χ1v) is 15.0. The Hall–Kier alpha value is -3.35. The fraction of sp³-hybridized carbons (Fsp3) is 0.393. The van der Waals surface area contributed by atoms with Crippen molar-refractivity contribution in [3.05, 3.63) is 51.9 Å². The van der Waals surface area contributed by atoms with Crippen LogP contribution in [0.2, 0.25) is 0 Å². The summed E-state index contributed by atoms with van der Waals surface area (Å²) in [5.74, 6) is 1.55. The van der Waals surface area contributed by atoms with Crippen molar-refractivity contribution in [1.29, 1.82) is 0 Å². The molecule has 1 fully saturated rings. The molecule has 3 aromatic heterocycles. The topological polar surface area (TPSA) is 114 Å². The molecule has 12 heteroatoms. The summed E-state index contributed by atoms with van der Waals surface area (Å²) >= 11 is 4.90. The lowest BCUT2D eigenvalue weighted by molar-refractivity contribution is 0.102. The van der Waals surface area contributed by atoms with E-state index in [0.29, 0.717) is 35.9 Å². The SMILES string of the molecule is CN(C)CCNC(=O)Oc1ccc(-c2nc3c(cc2Br)c(NC(=O)c2cnsc2)nn3CCCCC2CC2)cc1. The van der Waals surface area contributed by atoms with E-state index in [9.17, 15) is 9.59 Å². The summed E-state index contributed by atoms with van der Waals surface area (Å²) in [6.45, 7) is 1.94. The lowest BCUT2D eigenvalue weighted by Crippen LogP contribution is -2.33. The number of carbonyl (C=O) groups excluding carboxylic acids is 2. The summed E-state index contributed by atoms with van der Waals surface area (Å²) in [6, 6.07) is 9.16. The number of carbonyl (C=O) groups is 2. The molecule has 2 amide bonds. The second-order valence-electron chi connectivity index (χ2n) is 10.2. The molecule has 3 heterocycles. The van der Waals surface area contributed by atoms with Gasteiger partial charge in [0.15, 0.2) is 11.5 Å². The number of halogens is 1. The number of hydrogen-bond acceptors (Lipinski definition) is 8. The van der Waals surface area contributed by atoms with E-state index in [-0.39, 0.29) is 5.91 Å². The van der Waals surface area contributed by atoms with Crippen molar-refractivity contribution < 1.29 is 14.3 Å². The molecule has 1 saturated carbocycles. The number of aryl methyl sites for hydroxylation is 1. The number of anilines is 1. The van der Waals surface area contributed by atoms with Gasteiger partial charge in [0.2, 0.25) is 0 Å². The Labute approximate surface area is 245 Å². The van der Waals surface area contributed by atoms with Gasteiger partial charge in [0, 0.05) is 35.1 Å². The Morgan fingerprint density at radius 3 is 2.70 bits per heavy atom. The average Bonchev–Trinajstić information content (AvgIpc) is 3.46. The molecular weight excluding hydrogens is 594 g/mol. The number of rotatable bonds is 12. The van der Waals surface area contributed by atoms with Crippen molar-refractivity contribution in [2.24, 2.45) is 5.92 Å². The lowest BCUT2D eigenvalue weighted by atomic mass is 10.1. The highest BCUT2D eigenvalue weighted by molar-refractivity contribution is 9.10. The van der Waals surface area contributed by atoms with Crippen LogP contribution in [-0.4, -0.2) is 63.2 Å². The smallest absolute Gasteiger partial charge is 0.410 e. The van der Waals surface area contributed by atoms with Crippen LogP contribution in [0.4, 0.5) is 10.6 Å². The number of fused-ring (bicyclic) bond motifs is 1. The molecule has 0 bridgehead atoms. The van der Waals surface area contributed by atoms with Crippen LogP contribution in [0.3, 0.4) is 0 Å². The zero-order valence-corrected chi connectivity index (χ0v) is 24.9. The number of unbranched alkanes of at least 4 members (excludes halogenated alkanes) is 1. The highest BCUT2D eigenvalue weighted by Crippen LogP contribution is 2.35. The number of benzene rings is 1. The number of aromatic nitrogens is 4. The van der Waals surface area contributed by atoms with Gasteiger partial charge in [-0.05, 0) is 84.2 Å². The summed E-state index contributed by atoms with van der Waals surface area (Å²) in [5.41, 5.74) is 2.78. The molecule has 0 spiro atoms. The first-order valence-electron chi connectivity index (χ1n) is 13.4. The largest absolute Gasteiger partial charge is 0.412 e. The van der Waals surface area contributed by atoms with Crippen molar-refractivity contribution in [3.63, 3.8) is 0 Å². The summed E-state index contributed by atoms with van der Waals surface area (Å²) in [5, 5.41) is 12.9. The maximum Gasteiger partial charge on any atom is 0.412 e. The molecule has 0 saturated heterocycles. The minimum absolute atomic E-state index is 0.254. The van der Waals surface area contributed by atoms with E-state index in [1.54, 1.807) is 23.7 Å². The lowest BCUT2D eigenvalue weighted by Gasteiger charge is -2.11. The Balaban J connectivity index is 1.36. The predicted molar refractivity (Wildman–Crippen MR) is 160 cm³/mol. The molecule has 1 aliphatic carbocycles. The van der Waals surface area contributed by atoms with Gasteiger partial charge >= 0.3 is 6.09 Å². The molecule has 10 nitrogen and oxygen atoms in total. The molecule has 0 atom stereocenters. The first kappa shape index (κ1) is 28.2. The maximum atomic E-state index is 12.8. The molecule has 0 unspecified atom stereocenters. The Bertz CT molecular complexity index is 1470. The van der Waals surface area contributed by atoms with Gasteiger partial charge in [-0.2, -0.15) is 5.10 Å². The van der Waals surface area contributed by atoms with E-state index in [2.05, 4.69) is 30.9 Å². The molecule has 1 aliphatic rings. The summed E-state index contributed by atoms with van der Waals surface area (Å²) < 4.78 is 12.1. The Morgan fingerprint density at radius 2 is 2.00 bits per heavy atom. The zero-order valence-electron chi connectivity index (χ0n) is 22.5. The molecule has 2 N–H and O–H groups in total. The number of hydrogen-bond donors (Lipinski definition) is 2. The highest BCUT2D eigenvalue weighted by Gasteiger charge is 2.21. The molecular formula is C28H32BrN7O3S. The van der Waals surface area contributed by atoms with E-state index in [0.717, 1.165) is 46.4 Å². The molecule has 1 aromatic carbocycles. The van der Waals surface area contributed by atoms with Crippen LogP contribution in [0.25, 0.3) is 22.3 Å². The van der Waals surface area contributed by atoms with E-state index >= 15 is 0 Å². The van der Waals surface area contributed by atoms with Crippen LogP contribution in [0.1, 0.15) is 42.5 Å². The van der Waals surface area contributed by atoms with E-state index in [4.69, 9.17) is 14.8 Å². The van der Waals surface area contributed by atoms with Gasteiger partial charge in [-0.25, -0.2) is 18.8 Å². The fourth-order valence-corrected chi connectivity index (χ4v) is 5.39. The molecule has 210 valence electrons. The molecule has 4 aromatic rings. The van der Waals surface area contributed by atoms with Crippen LogP contribution in [-0.2, 0) is 6.54 Å². The minimum Gasteiger partial charge on any atom is -0.410 e. The van der Waals surface area contributed by atoms with Crippen LogP contribution in [0.15, 0.2) is 46.4 Å². The number of amides is 2. The first-order chi connectivity index (χ1) is 19.4. The number of pyridine rings is 1. The van der Waals surface area contributed by atoms with Crippen molar-refractivity contribution in [2.75, 3.05) is 32.5 Å². The van der Waals surface area contributed by atoms with E-state index in [1.807, 2.05) is 41.9 Å². The number of ether oxygens (including phenoxy) is 1. The third-order valence-corrected chi connectivity index (χ3v) is 7.89. The van der Waals surface area contributed by atoms with Gasteiger partial charge in [0.1, 0.15) is 5.75 Å². The van der Waals surface area contributed by atoms with Gasteiger partial charge in [0.05, 0.1) is 22.8 Å². The Kier molecular flexibility index (Phi) is 9.08. The van der Waals surface area contributed by atoms with Gasteiger partial charge in [-0.3, -0.25) is 4.79 Å². The summed E-state index contributed by atoms with van der Waals surface area (Å²) in [7, 11) is 3.88. The second-order valence-corrected chi connectivity index (χ2v) is 11.7. The van der Waals surface area contributed by atoms with Gasteiger partial charge in [0.25, 0.3) is 5.91 Å². The third-order valence-electron chi connectivity index (χ3n) is 6.70. The van der Waals surface area contributed by atoms with Crippen molar-refractivity contribution in [3.8, 4) is 17.0 Å². The highest BCUT2D eigenvalue weighted by atomic mass is 79.9. The average molecular weight is 627 g/mol. The summed E-state index contributed by atoms with van der Waals surface area (Å²) in [4.78, 5) is 31.8. The second kappa shape index (κ2) is 12.9. The van der Waals surface area contributed by atoms with E-state index < -0.39 is 6.09 Å². The van der Waals surface area contributed by atoms with Gasteiger partial charge < -0.3 is 20.3 Å². The van der Waals surface area contributed by atoms with Crippen LogP contribution in [0.5, 0.6) is 5.75 Å². The number of nitrogens with one attached hydrogen (secondary N) is 2. The molecule has 0 aliphatic heterocycles. The van der Waals surface area contributed by atoms with Crippen LogP contribution >= 0.6 is 27.5 Å². The van der Waals surface area contributed by atoms with Crippen molar-refractivity contribution >= 4 is 56.3 Å². The van der Waals surface area contributed by atoms with Crippen LogP contribution in [0, 0.1) is 5.92 Å². The third kappa shape index (κ3) is 7.23. The van der Waals surface area contributed by atoms with Gasteiger partial charge in [-0.1, -0.05) is 25.7 Å². The predicted octanol–water partition coefficient (Wildman–Crippen LogP) is 5.80. The monoisotopic (exact) mass is 625 g/mol. The van der Waals surface area contributed by atoms with Gasteiger partial charge in [-0.15, -0.1) is 0 Å². The van der Waals surface area contributed by atoms with Crippen LogP contribution < -0.4 is 15.4 Å². The zero-order chi connectivity index (χ0) is 28.1. The Morgan fingerprint density at radius 1 is 1.20 bits per heavy atom. The molecule has 40 heavy (non-hydrogen) atoms. The molecule has 0 radical (unpaired) electrons. The standard InChI is InChI=1S/C28H32BrN7O3S/c1-35(2)14-12-30-28(38)39-21-10-8-19(9-11-21)24-23(29)15-22-25(33-27(37)20-16-31-40-17-20)34-36(26(22)32-24)13-4-3-5-18-6-7-18/h8-11,15-18H,3-7,12-14H2,1-2H3,(H,30,38)(H,33,34,37). The van der Waals surface area contributed by atoms with E-state index in [1.165, 1.54) is 30.8 Å². The molecule has 5 rings (SSSR count). The normalized spacial score (nSPS) is 13.1. The summed E-state index contributed by atoms with van der Waals surface area (Å²) in [6.07, 6.45) is 7.13. The quantitative estimate of drug-likeness (QED) is 0.191. The number of nitrogens with zero attached hydrogens (tertiary/aromatic N) is 5. The number of likely N-dealkylation sites (N-methyl/N-ethyl adjacent to an activating group) is 1. The maximum absolute atomic E-state index is 12.8.